The van der Waals surface area contributed by atoms with E-state index in [1.807, 2.05) is 0 Å². The zero-order chi connectivity index (χ0) is 7.40. The Morgan fingerprint density at radius 1 is 1.70 bits per heavy atom. The van der Waals surface area contributed by atoms with Crippen LogP contribution in [0, 0.1) is 0 Å². The van der Waals surface area contributed by atoms with Crippen molar-refractivity contribution >= 4 is 5.84 Å². The fourth-order valence-electron chi connectivity index (χ4n) is 1.13. The topological polar surface area (TPSA) is 24.8 Å². The highest BCUT2D eigenvalue weighted by Crippen LogP contribution is 2.08. The summed E-state index contributed by atoms with van der Waals surface area (Å²) in [4.78, 5) is 6.42. The molecule has 0 saturated carbocycles. The van der Waals surface area contributed by atoms with E-state index in [0.29, 0.717) is 6.73 Å². The van der Waals surface area contributed by atoms with Gasteiger partial charge in [-0.25, -0.2) is 4.99 Å². The summed E-state index contributed by atoms with van der Waals surface area (Å²) in [6, 6.07) is 0. The molecule has 1 saturated heterocycles. The number of nitrogens with zero attached hydrogens (tertiary/aromatic N) is 2. The van der Waals surface area contributed by atoms with Crippen LogP contribution in [0.15, 0.2) is 4.99 Å². The fourth-order valence-corrected chi connectivity index (χ4v) is 1.13. The molecule has 58 valence electrons. The second-order valence-corrected chi connectivity index (χ2v) is 2.52. The highest BCUT2D eigenvalue weighted by Gasteiger charge is 2.12. The molecule has 0 aromatic carbocycles. The predicted octanol–water partition coefficient (Wildman–Crippen LogP) is 0.714. The van der Waals surface area contributed by atoms with Gasteiger partial charge in [0.25, 0.3) is 0 Å². The molecule has 1 heterocycles. The molecule has 1 rings (SSSR count). The van der Waals surface area contributed by atoms with Gasteiger partial charge in [0.2, 0.25) is 0 Å². The van der Waals surface area contributed by atoms with Crippen LogP contribution < -0.4 is 0 Å². The molecule has 1 fully saturated rings. The lowest BCUT2D eigenvalue weighted by atomic mass is 10.4. The molecule has 0 radical (unpaired) electrons. The van der Waals surface area contributed by atoms with Gasteiger partial charge in [0.05, 0.1) is 0 Å². The zero-order valence-electron chi connectivity index (χ0n) is 6.63. The molecule has 3 nitrogen and oxygen atoms in total. The van der Waals surface area contributed by atoms with Crippen molar-refractivity contribution in [2.75, 3.05) is 27.4 Å². The minimum Gasteiger partial charge on any atom is -0.363 e. The highest BCUT2D eigenvalue weighted by atomic mass is 16.5. The third-order valence-corrected chi connectivity index (χ3v) is 1.71. The Morgan fingerprint density at radius 3 is 3.00 bits per heavy atom. The normalized spacial score (nSPS) is 22.6. The van der Waals surface area contributed by atoms with E-state index in [1.54, 1.807) is 7.11 Å². The van der Waals surface area contributed by atoms with Crippen molar-refractivity contribution in [3.8, 4) is 0 Å². The second kappa shape index (κ2) is 3.56. The maximum atomic E-state index is 4.84. The minimum atomic E-state index is 0.500. The Balaban J connectivity index is 2.38. The van der Waals surface area contributed by atoms with Crippen LogP contribution in [-0.4, -0.2) is 38.2 Å². The molecule has 0 aliphatic carbocycles. The lowest BCUT2D eigenvalue weighted by Gasteiger charge is -2.10. The van der Waals surface area contributed by atoms with E-state index in [0.717, 1.165) is 13.0 Å². The molecule has 0 atom stereocenters. The molecular formula is C7H14N2O. The molecule has 0 unspecified atom stereocenters. The Bertz CT molecular complexity index is 134. The van der Waals surface area contributed by atoms with E-state index in [4.69, 9.17) is 4.74 Å². The fraction of sp³-hybridized carbons (Fsp3) is 0.857. The molecule has 0 aromatic rings. The maximum Gasteiger partial charge on any atom is 0.139 e. The Kier molecular flexibility index (Phi) is 2.68. The van der Waals surface area contributed by atoms with Gasteiger partial charge in [-0.1, -0.05) is 0 Å². The van der Waals surface area contributed by atoms with E-state index >= 15 is 0 Å². The van der Waals surface area contributed by atoms with E-state index in [1.165, 1.54) is 12.3 Å². The summed E-state index contributed by atoms with van der Waals surface area (Å²) in [5, 5.41) is 0. The molecular weight excluding hydrogens is 128 g/mol. The molecule has 0 bridgehead atoms. The number of rotatable bonds is 2. The van der Waals surface area contributed by atoms with Gasteiger partial charge in [-0.15, -0.1) is 0 Å². The van der Waals surface area contributed by atoms with Crippen LogP contribution in [-0.2, 0) is 4.74 Å². The van der Waals surface area contributed by atoms with Crippen molar-refractivity contribution in [3.05, 3.63) is 0 Å². The van der Waals surface area contributed by atoms with E-state index in [9.17, 15) is 0 Å². The standard InChI is InChI=1S/C7H14N2O/c1-9-5-3-4-7(9)8-6-10-2/h3-6H2,1-2H3. The number of ether oxygens (including phenoxy) is 1. The molecule has 1 aliphatic rings. The van der Waals surface area contributed by atoms with Crippen molar-refractivity contribution in [3.63, 3.8) is 0 Å². The van der Waals surface area contributed by atoms with Crippen molar-refractivity contribution in [2.45, 2.75) is 12.8 Å². The third kappa shape index (κ3) is 1.70. The average Bonchev–Trinajstić information content (AvgIpc) is 2.31. The molecule has 0 amide bonds. The van der Waals surface area contributed by atoms with Gasteiger partial charge >= 0.3 is 0 Å². The molecule has 0 aromatic heterocycles. The Hall–Kier alpha value is -0.570. The van der Waals surface area contributed by atoms with Crippen molar-refractivity contribution in [1.82, 2.24) is 4.90 Å². The summed E-state index contributed by atoms with van der Waals surface area (Å²) < 4.78 is 4.84. The number of hydrogen-bond acceptors (Lipinski definition) is 2. The lowest BCUT2D eigenvalue weighted by molar-refractivity contribution is 0.208. The summed E-state index contributed by atoms with van der Waals surface area (Å²) in [6.07, 6.45) is 2.35. The van der Waals surface area contributed by atoms with Gasteiger partial charge in [-0.2, -0.15) is 0 Å². The third-order valence-electron chi connectivity index (χ3n) is 1.71. The number of likely N-dealkylation sites (tertiary alicyclic amines) is 1. The molecule has 0 N–H and O–H groups in total. The van der Waals surface area contributed by atoms with Gasteiger partial charge in [0, 0.05) is 27.1 Å². The van der Waals surface area contributed by atoms with E-state index < -0.39 is 0 Å². The first kappa shape index (κ1) is 7.54. The van der Waals surface area contributed by atoms with E-state index in [2.05, 4.69) is 16.9 Å². The van der Waals surface area contributed by atoms with Gasteiger partial charge in [-0.3, -0.25) is 0 Å². The maximum absolute atomic E-state index is 4.84. The second-order valence-electron chi connectivity index (χ2n) is 2.52. The SMILES string of the molecule is COCN=C1CCCN1C. The number of methoxy groups -OCH3 is 1. The van der Waals surface area contributed by atoms with Crippen LogP contribution in [0.25, 0.3) is 0 Å². The van der Waals surface area contributed by atoms with Gasteiger partial charge in [0.15, 0.2) is 0 Å². The number of hydrogen-bond donors (Lipinski definition) is 0. The van der Waals surface area contributed by atoms with Gasteiger partial charge in [-0.05, 0) is 6.42 Å². The Morgan fingerprint density at radius 2 is 2.50 bits per heavy atom. The van der Waals surface area contributed by atoms with Crippen molar-refractivity contribution < 1.29 is 4.74 Å². The predicted molar refractivity (Wildman–Crippen MR) is 41.2 cm³/mol. The number of aliphatic imine (C=N–C) groups is 1. The smallest absolute Gasteiger partial charge is 0.139 e. The Labute approximate surface area is 61.7 Å². The van der Waals surface area contributed by atoms with Gasteiger partial charge in [0.1, 0.15) is 12.6 Å². The molecule has 3 heteroatoms. The summed E-state index contributed by atoms with van der Waals surface area (Å²) in [7, 11) is 3.74. The van der Waals surface area contributed by atoms with Crippen LogP contribution in [0.3, 0.4) is 0 Å². The van der Waals surface area contributed by atoms with Crippen molar-refractivity contribution in [1.29, 1.82) is 0 Å². The van der Waals surface area contributed by atoms with Crippen LogP contribution in [0.5, 0.6) is 0 Å². The quantitative estimate of drug-likeness (QED) is 0.567. The van der Waals surface area contributed by atoms with Gasteiger partial charge < -0.3 is 9.64 Å². The zero-order valence-corrected chi connectivity index (χ0v) is 6.63. The summed E-state index contributed by atoms with van der Waals surface area (Å²) in [5.41, 5.74) is 0. The van der Waals surface area contributed by atoms with Crippen LogP contribution in [0.1, 0.15) is 12.8 Å². The lowest BCUT2D eigenvalue weighted by Crippen LogP contribution is -2.19. The highest BCUT2D eigenvalue weighted by molar-refractivity contribution is 5.83. The monoisotopic (exact) mass is 142 g/mol. The van der Waals surface area contributed by atoms with Crippen LogP contribution in [0.4, 0.5) is 0 Å². The first-order valence-corrected chi connectivity index (χ1v) is 3.58. The molecule has 0 spiro atoms. The minimum absolute atomic E-state index is 0.500. The number of amidine groups is 1. The first-order valence-electron chi connectivity index (χ1n) is 3.58. The largest absolute Gasteiger partial charge is 0.363 e. The molecule has 10 heavy (non-hydrogen) atoms. The first-order chi connectivity index (χ1) is 4.84. The van der Waals surface area contributed by atoms with Crippen LogP contribution >= 0.6 is 0 Å². The average molecular weight is 142 g/mol. The van der Waals surface area contributed by atoms with Crippen molar-refractivity contribution in [2.24, 2.45) is 4.99 Å². The summed E-state index contributed by atoms with van der Waals surface area (Å²) >= 11 is 0. The van der Waals surface area contributed by atoms with Crippen LogP contribution in [0.2, 0.25) is 0 Å². The summed E-state index contributed by atoms with van der Waals surface area (Å²) in [5.74, 6) is 1.18. The van der Waals surface area contributed by atoms with E-state index in [-0.39, 0.29) is 0 Å². The summed E-state index contributed by atoms with van der Waals surface area (Å²) in [6.45, 7) is 1.64. The molecule has 1 aliphatic heterocycles.